The molecule has 2 N–H and O–H groups in total. The Morgan fingerprint density at radius 3 is 2.90 bits per heavy atom. The minimum absolute atomic E-state index is 0.142. The lowest BCUT2D eigenvalue weighted by molar-refractivity contribution is 0.102. The molecule has 6 heteroatoms. The number of benzene rings is 2. The van der Waals surface area contributed by atoms with Crippen LogP contribution in [-0.2, 0) is 0 Å². The minimum Gasteiger partial charge on any atom is -0.319 e. The first kappa shape index (κ1) is 12.8. The Kier molecular flexibility index (Phi) is 3.23. The van der Waals surface area contributed by atoms with Gasteiger partial charge in [0.1, 0.15) is 5.82 Å². The first-order valence-electron chi connectivity index (χ1n) is 5.83. The quantitative estimate of drug-likeness (QED) is 0.750. The van der Waals surface area contributed by atoms with Crippen LogP contribution in [0.5, 0.6) is 0 Å². The van der Waals surface area contributed by atoms with Gasteiger partial charge in [-0.1, -0.05) is 22.0 Å². The topological polar surface area (TPSA) is 57.8 Å². The SMILES string of the molecule is O=C(Nc1ccc(Br)cc1F)c1ccc2cn[nH]c2c1. The summed E-state index contributed by atoms with van der Waals surface area (Å²) in [6.45, 7) is 0. The summed E-state index contributed by atoms with van der Waals surface area (Å²) in [6.07, 6.45) is 1.67. The minimum atomic E-state index is -0.490. The molecule has 20 heavy (non-hydrogen) atoms. The molecule has 3 aromatic rings. The van der Waals surface area contributed by atoms with Gasteiger partial charge in [0.25, 0.3) is 5.91 Å². The van der Waals surface area contributed by atoms with Gasteiger partial charge in [0, 0.05) is 15.4 Å². The fourth-order valence-corrected chi connectivity index (χ4v) is 2.20. The monoisotopic (exact) mass is 333 g/mol. The van der Waals surface area contributed by atoms with Crippen LogP contribution in [0.1, 0.15) is 10.4 Å². The van der Waals surface area contributed by atoms with Gasteiger partial charge in [-0.3, -0.25) is 9.89 Å². The number of aromatic nitrogens is 2. The zero-order valence-electron chi connectivity index (χ0n) is 10.2. The van der Waals surface area contributed by atoms with E-state index in [1.807, 2.05) is 0 Å². The average Bonchev–Trinajstić information content (AvgIpc) is 2.89. The second kappa shape index (κ2) is 5.05. The Hall–Kier alpha value is -2.21. The van der Waals surface area contributed by atoms with Crippen molar-refractivity contribution in [2.75, 3.05) is 5.32 Å². The number of nitrogens with one attached hydrogen (secondary N) is 2. The summed E-state index contributed by atoms with van der Waals surface area (Å²) in [5.74, 6) is -0.863. The fraction of sp³-hybridized carbons (Fsp3) is 0. The van der Waals surface area contributed by atoms with Crippen LogP contribution in [0.2, 0.25) is 0 Å². The fourth-order valence-electron chi connectivity index (χ4n) is 1.86. The van der Waals surface area contributed by atoms with E-state index < -0.39 is 5.82 Å². The molecule has 0 aliphatic rings. The summed E-state index contributed by atoms with van der Waals surface area (Å²) >= 11 is 3.17. The molecule has 0 radical (unpaired) electrons. The van der Waals surface area contributed by atoms with Crippen molar-refractivity contribution in [3.05, 3.63) is 58.4 Å². The summed E-state index contributed by atoms with van der Waals surface area (Å²) in [5, 5.41) is 10.1. The van der Waals surface area contributed by atoms with Crippen LogP contribution in [-0.4, -0.2) is 16.1 Å². The zero-order valence-corrected chi connectivity index (χ0v) is 11.7. The Bertz CT molecular complexity index is 800. The summed E-state index contributed by atoms with van der Waals surface area (Å²) in [6, 6.07) is 9.60. The van der Waals surface area contributed by atoms with E-state index in [2.05, 4.69) is 31.4 Å². The van der Waals surface area contributed by atoms with Gasteiger partial charge in [-0.25, -0.2) is 4.39 Å². The molecule has 0 saturated carbocycles. The molecule has 3 rings (SSSR count). The Morgan fingerprint density at radius 2 is 2.10 bits per heavy atom. The number of halogens is 2. The number of carbonyl (C=O) groups excluding carboxylic acids is 1. The lowest BCUT2D eigenvalue weighted by Gasteiger charge is -2.06. The Morgan fingerprint density at radius 1 is 1.25 bits per heavy atom. The number of hydrogen-bond donors (Lipinski definition) is 2. The highest BCUT2D eigenvalue weighted by Gasteiger charge is 2.10. The number of amides is 1. The molecule has 1 aromatic heterocycles. The smallest absolute Gasteiger partial charge is 0.255 e. The van der Waals surface area contributed by atoms with Crippen molar-refractivity contribution in [2.24, 2.45) is 0 Å². The number of anilines is 1. The molecule has 0 aliphatic heterocycles. The number of fused-ring (bicyclic) bond motifs is 1. The van der Waals surface area contributed by atoms with Crippen LogP contribution in [0.3, 0.4) is 0 Å². The van der Waals surface area contributed by atoms with Gasteiger partial charge in [-0.05, 0) is 30.3 Å². The molecule has 0 saturated heterocycles. The zero-order chi connectivity index (χ0) is 14.1. The van der Waals surface area contributed by atoms with E-state index in [-0.39, 0.29) is 11.6 Å². The first-order chi connectivity index (χ1) is 9.63. The Balaban J connectivity index is 1.88. The van der Waals surface area contributed by atoms with Crippen LogP contribution in [0.4, 0.5) is 10.1 Å². The number of carbonyl (C=O) groups is 1. The molecular formula is C14H9BrFN3O. The first-order valence-corrected chi connectivity index (χ1v) is 6.62. The third-order valence-electron chi connectivity index (χ3n) is 2.88. The van der Waals surface area contributed by atoms with Crippen LogP contribution < -0.4 is 5.32 Å². The predicted molar refractivity (Wildman–Crippen MR) is 78.1 cm³/mol. The highest BCUT2D eigenvalue weighted by Crippen LogP contribution is 2.20. The molecule has 100 valence electrons. The summed E-state index contributed by atoms with van der Waals surface area (Å²) in [5.41, 5.74) is 1.33. The second-order valence-electron chi connectivity index (χ2n) is 4.25. The lowest BCUT2D eigenvalue weighted by atomic mass is 10.1. The van der Waals surface area contributed by atoms with Crippen molar-refractivity contribution in [1.82, 2.24) is 10.2 Å². The van der Waals surface area contributed by atoms with E-state index >= 15 is 0 Å². The van der Waals surface area contributed by atoms with Crippen LogP contribution in [0.15, 0.2) is 47.1 Å². The van der Waals surface area contributed by atoms with Gasteiger partial charge in [-0.2, -0.15) is 5.10 Å². The number of H-pyrrole nitrogens is 1. The highest BCUT2D eigenvalue weighted by atomic mass is 79.9. The van der Waals surface area contributed by atoms with Crippen molar-refractivity contribution < 1.29 is 9.18 Å². The molecule has 1 heterocycles. The highest BCUT2D eigenvalue weighted by molar-refractivity contribution is 9.10. The van der Waals surface area contributed by atoms with Crippen molar-refractivity contribution in [3.8, 4) is 0 Å². The maximum absolute atomic E-state index is 13.7. The van der Waals surface area contributed by atoms with E-state index in [1.54, 1.807) is 30.5 Å². The molecule has 2 aromatic carbocycles. The Labute approximate surface area is 122 Å². The van der Waals surface area contributed by atoms with Crippen molar-refractivity contribution in [3.63, 3.8) is 0 Å². The molecule has 0 unspecified atom stereocenters. The van der Waals surface area contributed by atoms with Gasteiger partial charge >= 0.3 is 0 Å². The normalized spacial score (nSPS) is 10.7. The molecule has 0 aliphatic carbocycles. The number of aromatic amines is 1. The van der Waals surface area contributed by atoms with E-state index in [1.165, 1.54) is 12.1 Å². The average molecular weight is 334 g/mol. The van der Waals surface area contributed by atoms with Crippen LogP contribution >= 0.6 is 15.9 Å². The lowest BCUT2D eigenvalue weighted by Crippen LogP contribution is -2.12. The van der Waals surface area contributed by atoms with E-state index in [9.17, 15) is 9.18 Å². The van der Waals surface area contributed by atoms with Crippen molar-refractivity contribution in [1.29, 1.82) is 0 Å². The molecule has 0 bridgehead atoms. The van der Waals surface area contributed by atoms with Gasteiger partial charge in [-0.15, -0.1) is 0 Å². The molecule has 1 amide bonds. The summed E-state index contributed by atoms with van der Waals surface area (Å²) < 4.78 is 14.3. The number of hydrogen-bond acceptors (Lipinski definition) is 2. The van der Waals surface area contributed by atoms with Gasteiger partial charge in [0.15, 0.2) is 0 Å². The summed E-state index contributed by atoms with van der Waals surface area (Å²) in [4.78, 5) is 12.1. The molecular weight excluding hydrogens is 325 g/mol. The van der Waals surface area contributed by atoms with Gasteiger partial charge < -0.3 is 5.32 Å². The maximum atomic E-state index is 13.7. The standard InChI is InChI=1S/C14H9BrFN3O/c15-10-3-4-12(11(16)6-10)18-14(20)8-1-2-9-7-17-19-13(9)5-8/h1-7H,(H,17,19)(H,18,20). The van der Waals surface area contributed by atoms with Gasteiger partial charge in [0.2, 0.25) is 0 Å². The van der Waals surface area contributed by atoms with E-state index in [0.29, 0.717) is 10.0 Å². The third-order valence-corrected chi connectivity index (χ3v) is 3.38. The van der Waals surface area contributed by atoms with Gasteiger partial charge in [0.05, 0.1) is 17.4 Å². The molecule has 0 fully saturated rings. The molecule has 0 spiro atoms. The van der Waals surface area contributed by atoms with E-state index in [0.717, 1.165) is 10.9 Å². The maximum Gasteiger partial charge on any atom is 0.255 e. The van der Waals surface area contributed by atoms with Crippen LogP contribution in [0.25, 0.3) is 10.9 Å². The van der Waals surface area contributed by atoms with Crippen LogP contribution in [0, 0.1) is 5.82 Å². The number of rotatable bonds is 2. The third kappa shape index (κ3) is 2.42. The van der Waals surface area contributed by atoms with Crippen molar-refractivity contribution in [2.45, 2.75) is 0 Å². The summed E-state index contributed by atoms with van der Waals surface area (Å²) in [7, 11) is 0. The number of nitrogens with zero attached hydrogens (tertiary/aromatic N) is 1. The largest absolute Gasteiger partial charge is 0.319 e. The predicted octanol–water partition coefficient (Wildman–Crippen LogP) is 3.72. The molecule has 4 nitrogen and oxygen atoms in total. The van der Waals surface area contributed by atoms with Crippen molar-refractivity contribution >= 4 is 38.4 Å². The van der Waals surface area contributed by atoms with E-state index in [4.69, 9.17) is 0 Å². The molecule has 0 atom stereocenters. The second-order valence-corrected chi connectivity index (χ2v) is 5.17.